The summed E-state index contributed by atoms with van der Waals surface area (Å²) in [5.41, 5.74) is 3.12. The lowest BCUT2D eigenvalue weighted by atomic mass is 10.2. The molecule has 0 fully saturated rings. The van der Waals surface area contributed by atoms with E-state index in [0.29, 0.717) is 12.2 Å². The number of nitrogens with zero attached hydrogens (tertiary/aromatic N) is 3. The molecule has 1 aromatic carbocycles. The van der Waals surface area contributed by atoms with Crippen LogP contribution >= 0.6 is 0 Å². The van der Waals surface area contributed by atoms with Gasteiger partial charge in [-0.05, 0) is 25.1 Å². The Balaban J connectivity index is 1.84. The van der Waals surface area contributed by atoms with Crippen LogP contribution in [0.25, 0.3) is 10.9 Å². The van der Waals surface area contributed by atoms with Gasteiger partial charge in [0.05, 0.1) is 17.8 Å². The van der Waals surface area contributed by atoms with Crippen LogP contribution in [0, 0.1) is 6.92 Å². The van der Waals surface area contributed by atoms with Gasteiger partial charge < -0.3 is 4.90 Å². The summed E-state index contributed by atoms with van der Waals surface area (Å²) in [7, 11) is 1.76. The summed E-state index contributed by atoms with van der Waals surface area (Å²) in [6, 6.07) is 13.4. The van der Waals surface area contributed by atoms with Crippen molar-refractivity contribution in [3.8, 4) is 0 Å². The Labute approximate surface area is 122 Å². The van der Waals surface area contributed by atoms with E-state index in [1.165, 1.54) is 0 Å². The Morgan fingerprint density at radius 2 is 2.00 bits per heavy atom. The van der Waals surface area contributed by atoms with Crippen LogP contribution in [0.1, 0.15) is 21.9 Å². The minimum absolute atomic E-state index is 0.115. The van der Waals surface area contributed by atoms with Crippen LogP contribution in [0.4, 0.5) is 0 Å². The summed E-state index contributed by atoms with van der Waals surface area (Å²) < 4.78 is 0. The molecule has 2 aromatic heterocycles. The smallest absolute Gasteiger partial charge is 0.275 e. The van der Waals surface area contributed by atoms with Crippen molar-refractivity contribution in [2.24, 2.45) is 0 Å². The predicted molar refractivity (Wildman–Crippen MR) is 80.9 cm³/mol. The van der Waals surface area contributed by atoms with Gasteiger partial charge in [-0.15, -0.1) is 0 Å². The number of aryl methyl sites for hydroxylation is 1. The fourth-order valence-electron chi connectivity index (χ4n) is 2.31. The third kappa shape index (κ3) is 2.63. The van der Waals surface area contributed by atoms with Crippen molar-refractivity contribution >= 4 is 16.8 Å². The second-order valence-electron chi connectivity index (χ2n) is 5.05. The van der Waals surface area contributed by atoms with Crippen molar-refractivity contribution in [1.82, 2.24) is 20.1 Å². The van der Waals surface area contributed by atoms with Gasteiger partial charge in [-0.3, -0.25) is 14.9 Å². The standard InChI is InChI=1S/C16H16N4O/c1-11-6-5-7-12(17-11)10-20(2)16(21)15-13-8-3-4-9-14(13)18-19-15/h3-9H,10H2,1-2H3,(H,18,19). The van der Waals surface area contributed by atoms with Gasteiger partial charge >= 0.3 is 0 Å². The first-order valence-corrected chi connectivity index (χ1v) is 6.76. The van der Waals surface area contributed by atoms with Crippen molar-refractivity contribution in [3.63, 3.8) is 0 Å². The molecule has 0 spiro atoms. The van der Waals surface area contributed by atoms with E-state index in [0.717, 1.165) is 22.3 Å². The largest absolute Gasteiger partial charge is 0.334 e. The van der Waals surface area contributed by atoms with Crippen LogP contribution in [0.5, 0.6) is 0 Å². The Bertz CT molecular complexity index is 794. The number of rotatable bonds is 3. The molecule has 2 heterocycles. The van der Waals surface area contributed by atoms with Crippen molar-refractivity contribution in [2.45, 2.75) is 13.5 Å². The highest BCUT2D eigenvalue weighted by atomic mass is 16.2. The van der Waals surface area contributed by atoms with Crippen LogP contribution in [0.15, 0.2) is 42.5 Å². The molecule has 0 bridgehead atoms. The van der Waals surface area contributed by atoms with Crippen LogP contribution in [-0.4, -0.2) is 33.0 Å². The van der Waals surface area contributed by atoms with E-state index in [4.69, 9.17) is 0 Å². The quantitative estimate of drug-likeness (QED) is 0.802. The Hall–Kier alpha value is -2.69. The molecule has 0 aliphatic carbocycles. The molecule has 106 valence electrons. The maximum atomic E-state index is 12.5. The number of benzene rings is 1. The van der Waals surface area contributed by atoms with Crippen LogP contribution in [0.3, 0.4) is 0 Å². The highest BCUT2D eigenvalue weighted by Gasteiger charge is 2.18. The maximum Gasteiger partial charge on any atom is 0.275 e. The second kappa shape index (κ2) is 5.36. The zero-order valence-electron chi connectivity index (χ0n) is 12.0. The number of pyridine rings is 1. The van der Waals surface area contributed by atoms with Crippen molar-refractivity contribution in [2.75, 3.05) is 7.05 Å². The molecule has 1 N–H and O–H groups in total. The minimum Gasteiger partial charge on any atom is -0.334 e. The summed E-state index contributed by atoms with van der Waals surface area (Å²) in [5, 5.41) is 7.86. The van der Waals surface area contributed by atoms with Gasteiger partial charge in [0.15, 0.2) is 5.69 Å². The van der Waals surface area contributed by atoms with Crippen LogP contribution in [-0.2, 0) is 6.54 Å². The number of carbonyl (C=O) groups is 1. The molecule has 1 amide bonds. The molecular formula is C16H16N4O. The molecule has 0 atom stereocenters. The van der Waals surface area contributed by atoms with Crippen molar-refractivity contribution < 1.29 is 4.79 Å². The van der Waals surface area contributed by atoms with Crippen LogP contribution in [0.2, 0.25) is 0 Å². The fraction of sp³-hybridized carbons (Fsp3) is 0.188. The van der Waals surface area contributed by atoms with Gasteiger partial charge in [0.1, 0.15) is 0 Å². The van der Waals surface area contributed by atoms with Gasteiger partial charge in [0, 0.05) is 18.1 Å². The molecule has 0 radical (unpaired) electrons. The fourth-order valence-corrected chi connectivity index (χ4v) is 2.31. The number of H-pyrrole nitrogens is 1. The minimum atomic E-state index is -0.115. The molecule has 0 aliphatic rings. The number of aromatic amines is 1. The van der Waals surface area contributed by atoms with E-state index < -0.39 is 0 Å². The number of aromatic nitrogens is 3. The van der Waals surface area contributed by atoms with Gasteiger partial charge in [-0.2, -0.15) is 5.10 Å². The number of nitrogens with one attached hydrogen (secondary N) is 1. The summed E-state index contributed by atoms with van der Waals surface area (Å²) in [4.78, 5) is 18.6. The molecule has 0 unspecified atom stereocenters. The first-order chi connectivity index (χ1) is 10.1. The number of hydrogen-bond donors (Lipinski definition) is 1. The molecule has 21 heavy (non-hydrogen) atoms. The SMILES string of the molecule is Cc1cccc(CN(C)C(=O)c2n[nH]c3ccccc23)n1. The Kier molecular flexibility index (Phi) is 3.39. The Morgan fingerprint density at radius 1 is 1.19 bits per heavy atom. The number of para-hydroxylation sites is 1. The lowest BCUT2D eigenvalue weighted by Gasteiger charge is -2.15. The van der Waals surface area contributed by atoms with Crippen molar-refractivity contribution in [1.29, 1.82) is 0 Å². The van der Waals surface area contributed by atoms with Gasteiger partial charge in [0.25, 0.3) is 5.91 Å². The van der Waals surface area contributed by atoms with E-state index in [1.54, 1.807) is 11.9 Å². The molecule has 0 saturated carbocycles. The normalized spacial score (nSPS) is 10.8. The number of fused-ring (bicyclic) bond motifs is 1. The van der Waals surface area contributed by atoms with E-state index >= 15 is 0 Å². The lowest BCUT2D eigenvalue weighted by molar-refractivity contribution is 0.0779. The van der Waals surface area contributed by atoms with Crippen molar-refractivity contribution in [3.05, 3.63) is 59.5 Å². The molecule has 0 saturated heterocycles. The summed E-state index contributed by atoms with van der Waals surface area (Å²) >= 11 is 0. The lowest BCUT2D eigenvalue weighted by Crippen LogP contribution is -2.27. The number of amides is 1. The first kappa shape index (κ1) is 13.3. The van der Waals surface area contributed by atoms with E-state index in [1.807, 2.05) is 49.4 Å². The number of hydrogen-bond acceptors (Lipinski definition) is 3. The highest BCUT2D eigenvalue weighted by molar-refractivity contribution is 6.04. The van der Waals surface area contributed by atoms with E-state index in [9.17, 15) is 4.79 Å². The average molecular weight is 280 g/mol. The Morgan fingerprint density at radius 3 is 2.81 bits per heavy atom. The molecule has 5 heteroatoms. The van der Waals surface area contributed by atoms with E-state index in [2.05, 4.69) is 15.2 Å². The van der Waals surface area contributed by atoms with E-state index in [-0.39, 0.29) is 5.91 Å². The predicted octanol–water partition coefficient (Wildman–Crippen LogP) is 2.54. The molecule has 3 rings (SSSR count). The van der Waals surface area contributed by atoms with Gasteiger partial charge in [0.2, 0.25) is 0 Å². The average Bonchev–Trinajstić information content (AvgIpc) is 2.90. The number of carbonyl (C=O) groups excluding carboxylic acids is 1. The monoisotopic (exact) mass is 280 g/mol. The van der Waals surface area contributed by atoms with Gasteiger partial charge in [-0.1, -0.05) is 24.3 Å². The third-order valence-electron chi connectivity index (χ3n) is 3.36. The topological polar surface area (TPSA) is 61.9 Å². The van der Waals surface area contributed by atoms with Gasteiger partial charge in [-0.25, -0.2) is 0 Å². The molecular weight excluding hydrogens is 264 g/mol. The maximum absolute atomic E-state index is 12.5. The zero-order chi connectivity index (χ0) is 14.8. The summed E-state index contributed by atoms with van der Waals surface area (Å²) in [6.07, 6.45) is 0. The second-order valence-corrected chi connectivity index (χ2v) is 5.05. The zero-order valence-corrected chi connectivity index (χ0v) is 12.0. The van der Waals surface area contributed by atoms with Crippen LogP contribution < -0.4 is 0 Å². The molecule has 5 nitrogen and oxygen atoms in total. The first-order valence-electron chi connectivity index (χ1n) is 6.76. The molecule has 0 aliphatic heterocycles. The molecule has 3 aromatic rings. The summed E-state index contributed by atoms with van der Waals surface area (Å²) in [6.45, 7) is 2.40. The highest BCUT2D eigenvalue weighted by Crippen LogP contribution is 2.17. The summed E-state index contributed by atoms with van der Waals surface area (Å²) in [5.74, 6) is -0.115. The third-order valence-corrected chi connectivity index (χ3v) is 3.36.